The summed E-state index contributed by atoms with van der Waals surface area (Å²) in [6.45, 7) is 35.1. The second kappa shape index (κ2) is 17.3. The van der Waals surface area contributed by atoms with Crippen LogP contribution in [0.15, 0.2) is 0 Å². The van der Waals surface area contributed by atoms with Crippen LogP contribution in [0.4, 0.5) is 0 Å². The van der Waals surface area contributed by atoms with Crippen molar-refractivity contribution < 1.29 is 4.79 Å². The summed E-state index contributed by atoms with van der Waals surface area (Å²) < 4.78 is 0. The van der Waals surface area contributed by atoms with Crippen LogP contribution in [0.1, 0.15) is 131 Å². The van der Waals surface area contributed by atoms with Crippen LogP contribution in [0.5, 0.6) is 0 Å². The zero-order valence-electron chi connectivity index (χ0n) is 22.1. The average molecular weight is 404 g/mol. The van der Waals surface area contributed by atoms with Gasteiger partial charge in [0.05, 0.1) is 0 Å². The van der Waals surface area contributed by atoms with Crippen LogP contribution in [0.2, 0.25) is 0 Å². The third-order valence-electron chi connectivity index (χ3n) is 3.46. The van der Waals surface area contributed by atoms with Gasteiger partial charge in [0.1, 0.15) is 0 Å². The molecule has 2 nitrogen and oxygen atoms in total. The molecule has 0 aromatic heterocycles. The Labute approximate surface area is 181 Å². The van der Waals surface area contributed by atoms with Crippen LogP contribution < -0.4 is 5.73 Å². The summed E-state index contributed by atoms with van der Waals surface area (Å²) in [5.41, 5.74) is 6.01. The van der Waals surface area contributed by atoms with Gasteiger partial charge in [-0.25, -0.2) is 0 Å². The van der Waals surface area contributed by atoms with Crippen molar-refractivity contribution in [2.24, 2.45) is 39.7 Å². The highest BCUT2D eigenvalue weighted by Crippen LogP contribution is 2.24. The van der Waals surface area contributed by atoms with Crippen molar-refractivity contribution in [1.82, 2.24) is 0 Å². The highest BCUT2D eigenvalue weighted by molar-refractivity contribution is 5.74. The Morgan fingerprint density at radius 3 is 0.964 bits per heavy atom. The van der Waals surface area contributed by atoms with E-state index in [1.165, 1.54) is 6.42 Å². The molecule has 2 N–H and O–H groups in total. The lowest BCUT2D eigenvalue weighted by Gasteiger charge is -2.22. The topological polar surface area (TPSA) is 43.1 Å². The Morgan fingerprint density at radius 1 is 0.714 bits per heavy atom. The molecule has 0 atom stereocenters. The normalized spacial score (nSPS) is 11.4. The molecule has 0 heterocycles. The van der Waals surface area contributed by atoms with Crippen molar-refractivity contribution in [3.63, 3.8) is 0 Å². The molecule has 0 unspecified atom stereocenters. The maximum absolute atomic E-state index is 10.2. The fourth-order valence-corrected chi connectivity index (χ4v) is 1.75. The summed E-state index contributed by atoms with van der Waals surface area (Å²) in [5, 5.41) is 0. The van der Waals surface area contributed by atoms with Crippen LogP contribution in [-0.4, -0.2) is 5.91 Å². The molecule has 176 valence electrons. The molecular formula is C26H61NO. The maximum Gasteiger partial charge on any atom is 0.217 e. The molecule has 0 aliphatic carbocycles. The van der Waals surface area contributed by atoms with Crippen LogP contribution >= 0.6 is 0 Å². The zero-order chi connectivity index (χ0) is 23.2. The number of nitrogens with two attached hydrogens (primary N) is 1. The molecule has 1 amide bonds. The quantitative estimate of drug-likeness (QED) is 0.491. The van der Waals surface area contributed by atoms with Crippen LogP contribution in [0.25, 0.3) is 0 Å². The van der Waals surface area contributed by atoms with E-state index < -0.39 is 0 Å². The van der Waals surface area contributed by atoms with E-state index in [0.717, 1.165) is 17.8 Å². The summed E-state index contributed by atoms with van der Waals surface area (Å²) in [5.74, 6) is 2.25. The molecule has 28 heavy (non-hydrogen) atoms. The summed E-state index contributed by atoms with van der Waals surface area (Å²) >= 11 is 0. The van der Waals surface area contributed by atoms with Crippen LogP contribution in [0.3, 0.4) is 0 Å². The fraction of sp³-hybridized carbons (Fsp3) is 0.962. The minimum Gasteiger partial charge on any atom is -0.370 e. The van der Waals surface area contributed by atoms with Gasteiger partial charge in [0, 0.05) is 6.42 Å². The van der Waals surface area contributed by atoms with E-state index in [-0.39, 0.29) is 18.7 Å². The first-order valence-corrected chi connectivity index (χ1v) is 10.8. The highest BCUT2D eigenvalue weighted by atomic mass is 16.1. The highest BCUT2D eigenvalue weighted by Gasteiger charge is 2.14. The maximum atomic E-state index is 10.2. The summed E-state index contributed by atoms with van der Waals surface area (Å²) in [7, 11) is 0. The number of rotatable bonds is 2. The minimum absolute atomic E-state index is 0. The lowest BCUT2D eigenvalue weighted by molar-refractivity contribution is -0.119. The third-order valence-corrected chi connectivity index (χ3v) is 3.46. The molecule has 0 bridgehead atoms. The van der Waals surface area contributed by atoms with Gasteiger partial charge >= 0.3 is 0 Å². The van der Waals surface area contributed by atoms with E-state index in [2.05, 4.69) is 90.0 Å². The molecule has 0 aromatic rings. The van der Waals surface area contributed by atoms with Crippen LogP contribution in [-0.2, 0) is 4.79 Å². The fourth-order valence-electron chi connectivity index (χ4n) is 1.75. The Bertz CT molecular complexity index is 330. The Morgan fingerprint density at radius 2 is 0.964 bits per heavy atom. The van der Waals surface area contributed by atoms with Crippen molar-refractivity contribution in [3.05, 3.63) is 0 Å². The van der Waals surface area contributed by atoms with E-state index in [9.17, 15) is 4.79 Å². The van der Waals surface area contributed by atoms with Gasteiger partial charge in [-0.15, -0.1) is 0 Å². The van der Waals surface area contributed by atoms with Gasteiger partial charge in [-0.1, -0.05) is 118 Å². The van der Waals surface area contributed by atoms with E-state index in [0.29, 0.717) is 17.3 Å². The molecule has 0 aliphatic rings. The summed E-state index contributed by atoms with van der Waals surface area (Å²) in [4.78, 5) is 10.2. The number of amides is 1. The number of carbonyl (C=O) groups is 1. The molecule has 0 fully saturated rings. The van der Waals surface area contributed by atoms with Gasteiger partial charge in [-0.3, -0.25) is 4.79 Å². The molecule has 2 heteroatoms. The molecule has 0 aliphatic heterocycles. The van der Waals surface area contributed by atoms with E-state index in [1.54, 1.807) is 0 Å². The molecule has 0 radical (unpaired) electrons. The van der Waals surface area contributed by atoms with Crippen LogP contribution in [0, 0.1) is 34.0 Å². The summed E-state index contributed by atoms with van der Waals surface area (Å²) in [6, 6.07) is 0. The largest absolute Gasteiger partial charge is 0.370 e. The molecule has 0 saturated heterocycles. The number of hydrogen-bond donors (Lipinski definition) is 1. The van der Waals surface area contributed by atoms with Gasteiger partial charge in [0.15, 0.2) is 0 Å². The standard InChI is InChI=1S/C8H18.C7H16.C6H13NO.C4H10.CH4/c1-7(2)6-8(3,4)5;1-6(2)7(3,4)5;1-6(2,3)4-5(7)8;1-4(2)3;/h7H,6H2,1-5H3;6H,1-5H3;4H2,1-3H3,(H2,7,8);4H,1-3H3;1H4. The van der Waals surface area contributed by atoms with Gasteiger partial charge in [-0.2, -0.15) is 0 Å². The number of primary amides is 1. The predicted molar refractivity (Wildman–Crippen MR) is 134 cm³/mol. The lowest BCUT2D eigenvalue weighted by Crippen LogP contribution is -2.19. The molecule has 0 saturated carbocycles. The summed E-state index contributed by atoms with van der Waals surface area (Å²) in [6.07, 6.45) is 1.79. The first kappa shape index (κ1) is 38.1. The van der Waals surface area contributed by atoms with Gasteiger partial charge < -0.3 is 5.73 Å². The molecule has 0 spiro atoms. The Hall–Kier alpha value is -0.530. The van der Waals surface area contributed by atoms with Crippen molar-refractivity contribution in [3.8, 4) is 0 Å². The smallest absolute Gasteiger partial charge is 0.217 e. The zero-order valence-corrected chi connectivity index (χ0v) is 22.1. The number of carbonyl (C=O) groups excluding carboxylic acids is 1. The molecular weight excluding hydrogens is 342 g/mol. The van der Waals surface area contributed by atoms with Crippen molar-refractivity contribution in [1.29, 1.82) is 0 Å². The number of hydrogen-bond acceptors (Lipinski definition) is 1. The Balaban J connectivity index is -0.0000000852. The molecule has 0 rings (SSSR count). The van der Waals surface area contributed by atoms with E-state index in [4.69, 9.17) is 5.73 Å². The SMILES string of the molecule is C.CC(C)(C)CC(N)=O.CC(C)C.CC(C)C(C)(C)C.CC(C)CC(C)(C)C. The molecule has 0 aromatic carbocycles. The van der Waals surface area contributed by atoms with Gasteiger partial charge in [0.2, 0.25) is 5.91 Å². The first-order chi connectivity index (χ1) is 11.5. The van der Waals surface area contributed by atoms with Crippen molar-refractivity contribution >= 4 is 5.91 Å². The third kappa shape index (κ3) is 63.7. The van der Waals surface area contributed by atoms with E-state index in [1.807, 2.05) is 20.8 Å². The lowest BCUT2D eigenvalue weighted by atomic mass is 9.84. The van der Waals surface area contributed by atoms with Gasteiger partial charge in [0.25, 0.3) is 0 Å². The minimum atomic E-state index is -0.225. The second-order valence-electron chi connectivity index (χ2n) is 12.6. The second-order valence-corrected chi connectivity index (χ2v) is 12.6. The van der Waals surface area contributed by atoms with Gasteiger partial charge in [-0.05, 0) is 40.4 Å². The predicted octanol–water partition coefficient (Wildman–Crippen LogP) is 8.97. The monoisotopic (exact) mass is 403 g/mol. The Kier molecular flexibility index (Phi) is 23.6. The van der Waals surface area contributed by atoms with Crippen molar-refractivity contribution in [2.75, 3.05) is 0 Å². The van der Waals surface area contributed by atoms with E-state index >= 15 is 0 Å². The first-order valence-electron chi connectivity index (χ1n) is 10.8. The average Bonchev–Trinajstić information content (AvgIpc) is 2.19. The van der Waals surface area contributed by atoms with Crippen molar-refractivity contribution in [2.45, 2.75) is 131 Å².